The molecular weight excluding hydrogens is 312 g/mol. The lowest BCUT2D eigenvalue weighted by molar-refractivity contribution is 0.0599. The molecule has 0 atom stereocenters. The van der Waals surface area contributed by atoms with Crippen LogP contribution in [0, 0.1) is 0 Å². The van der Waals surface area contributed by atoms with Crippen LogP contribution in [0.2, 0.25) is 0 Å². The molecule has 0 bridgehead atoms. The number of rotatable bonds is 2. The van der Waals surface area contributed by atoms with E-state index in [9.17, 15) is 9.90 Å². The maximum atomic E-state index is 12.6. The van der Waals surface area contributed by atoms with E-state index >= 15 is 0 Å². The highest BCUT2D eigenvalue weighted by molar-refractivity contribution is 5.94. The van der Waals surface area contributed by atoms with Crippen molar-refractivity contribution in [3.8, 4) is 5.75 Å². The molecule has 0 aliphatic carbocycles. The number of phenolic OH excluding ortho intramolecular Hbond substituents is 1. The van der Waals surface area contributed by atoms with E-state index in [0.29, 0.717) is 11.6 Å². The number of amides is 1. The van der Waals surface area contributed by atoms with Crippen molar-refractivity contribution in [2.45, 2.75) is 31.8 Å². The standard InChI is InChI=1S/C21H24N2O2/c24-20-7-5-17(6-8-20)21(25)22-13-10-19(11-14-22)23-12-9-16-3-1-2-4-18(16)15-23/h1-8,19,24H,9-15H2. The molecule has 4 heteroatoms. The molecule has 2 aliphatic rings. The highest BCUT2D eigenvalue weighted by Gasteiger charge is 2.29. The zero-order valence-electron chi connectivity index (χ0n) is 14.4. The third-order valence-electron chi connectivity index (χ3n) is 5.54. The zero-order chi connectivity index (χ0) is 17.2. The number of benzene rings is 2. The second-order valence-electron chi connectivity index (χ2n) is 7.06. The molecule has 2 heterocycles. The summed E-state index contributed by atoms with van der Waals surface area (Å²) in [6.07, 6.45) is 3.20. The van der Waals surface area contributed by atoms with Crippen LogP contribution in [0.4, 0.5) is 0 Å². The van der Waals surface area contributed by atoms with Gasteiger partial charge in [-0.25, -0.2) is 0 Å². The number of nitrogens with zero attached hydrogens (tertiary/aromatic N) is 2. The van der Waals surface area contributed by atoms with Gasteiger partial charge in [-0.2, -0.15) is 0 Å². The van der Waals surface area contributed by atoms with Gasteiger partial charge in [0.2, 0.25) is 0 Å². The molecule has 1 N–H and O–H groups in total. The molecule has 2 aromatic carbocycles. The summed E-state index contributed by atoms with van der Waals surface area (Å²) in [6.45, 7) is 3.77. The molecular formula is C21H24N2O2. The van der Waals surface area contributed by atoms with Gasteiger partial charge in [0.15, 0.2) is 0 Å². The minimum Gasteiger partial charge on any atom is -0.508 e. The second-order valence-corrected chi connectivity index (χ2v) is 7.06. The first-order valence-electron chi connectivity index (χ1n) is 9.10. The minimum absolute atomic E-state index is 0.0717. The fraction of sp³-hybridized carbons (Fsp3) is 0.381. The van der Waals surface area contributed by atoms with Gasteiger partial charge < -0.3 is 10.0 Å². The molecule has 4 nitrogen and oxygen atoms in total. The Labute approximate surface area is 148 Å². The Bertz CT molecular complexity index is 749. The van der Waals surface area contributed by atoms with Crippen LogP contribution < -0.4 is 0 Å². The van der Waals surface area contributed by atoms with Gasteiger partial charge in [0.25, 0.3) is 5.91 Å². The lowest BCUT2D eigenvalue weighted by atomic mass is 9.95. The summed E-state index contributed by atoms with van der Waals surface area (Å²) >= 11 is 0. The normalized spacial score (nSPS) is 18.8. The van der Waals surface area contributed by atoms with E-state index < -0.39 is 0 Å². The molecule has 0 saturated carbocycles. The quantitative estimate of drug-likeness (QED) is 0.917. The first-order valence-corrected chi connectivity index (χ1v) is 9.10. The average Bonchev–Trinajstić information content (AvgIpc) is 2.68. The average molecular weight is 336 g/mol. The van der Waals surface area contributed by atoms with E-state index in [1.165, 1.54) is 11.1 Å². The van der Waals surface area contributed by atoms with Gasteiger partial charge in [0.1, 0.15) is 5.75 Å². The van der Waals surface area contributed by atoms with Gasteiger partial charge in [-0.05, 0) is 54.7 Å². The number of carbonyl (C=O) groups is 1. The molecule has 4 rings (SSSR count). The summed E-state index contributed by atoms with van der Waals surface area (Å²) in [5, 5.41) is 9.37. The molecule has 130 valence electrons. The Kier molecular flexibility index (Phi) is 4.45. The Morgan fingerprint density at radius 2 is 1.60 bits per heavy atom. The highest BCUT2D eigenvalue weighted by Crippen LogP contribution is 2.25. The summed E-state index contributed by atoms with van der Waals surface area (Å²) in [5.74, 6) is 0.267. The Hall–Kier alpha value is -2.33. The Morgan fingerprint density at radius 1 is 0.920 bits per heavy atom. The van der Waals surface area contributed by atoms with E-state index in [0.717, 1.165) is 45.4 Å². The molecule has 1 saturated heterocycles. The number of carbonyl (C=O) groups excluding carboxylic acids is 1. The molecule has 25 heavy (non-hydrogen) atoms. The maximum Gasteiger partial charge on any atom is 0.253 e. The van der Waals surface area contributed by atoms with Crippen molar-refractivity contribution in [1.82, 2.24) is 9.80 Å². The largest absolute Gasteiger partial charge is 0.508 e. The molecule has 1 amide bonds. The summed E-state index contributed by atoms with van der Waals surface area (Å²) < 4.78 is 0. The van der Waals surface area contributed by atoms with Crippen LogP contribution in [0.25, 0.3) is 0 Å². The fourth-order valence-electron chi connectivity index (χ4n) is 4.05. The van der Waals surface area contributed by atoms with E-state index in [4.69, 9.17) is 0 Å². The molecule has 0 aromatic heterocycles. The van der Waals surface area contributed by atoms with Crippen molar-refractivity contribution in [2.75, 3.05) is 19.6 Å². The number of hydrogen-bond acceptors (Lipinski definition) is 3. The molecule has 1 fully saturated rings. The van der Waals surface area contributed by atoms with Gasteiger partial charge in [-0.1, -0.05) is 24.3 Å². The predicted molar refractivity (Wildman–Crippen MR) is 97.6 cm³/mol. The van der Waals surface area contributed by atoms with Crippen LogP contribution in [-0.2, 0) is 13.0 Å². The number of phenols is 1. The zero-order valence-corrected chi connectivity index (χ0v) is 14.4. The van der Waals surface area contributed by atoms with Crippen LogP contribution in [0.3, 0.4) is 0 Å². The summed E-state index contributed by atoms with van der Waals surface area (Å²) in [5.41, 5.74) is 3.60. The predicted octanol–water partition coefficient (Wildman–Crippen LogP) is 3.06. The Morgan fingerprint density at radius 3 is 2.32 bits per heavy atom. The van der Waals surface area contributed by atoms with Gasteiger partial charge in [-0.15, -0.1) is 0 Å². The van der Waals surface area contributed by atoms with E-state index in [1.807, 2.05) is 4.90 Å². The molecule has 2 aromatic rings. The minimum atomic E-state index is 0.0717. The van der Waals surface area contributed by atoms with Crippen molar-refractivity contribution >= 4 is 5.91 Å². The van der Waals surface area contributed by atoms with Crippen LogP contribution in [0.5, 0.6) is 5.75 Å². The third-order valence-corrected chi connectivity index (χ3v) is 5.54. The van der Waals surface area contributed by atoms with E-state index in [-0.39, 0.29) is 11.7 Å². The fourth-order valence-corrected chi connectivity index (χ4v) is 4.05. The monoisotopic (exact) mass is 336 g/mol. The van der Waals surface area contributed by atoms with Gasteiger partial charge in [-0.3, -0.25) is 9.69 Å². The van der Waals surface area contributed by atoms with Crippen molar-refractivity contribution in [3.63, 3.8) is 0 Å². The van der Waals surface area contributed by atoms with Gasteiger partial charge >= 0.3 is 0 Å². The van der Waals surface area contributed by atoms with Gasteiger partial charge in [0.05, 0.1) is 0 Å². The van der Waals surface area contributed by atoms with Crippen molar-refractivity contribution in [2.24, 2.45) is 0 Å². The number of fused-ring (bicyclic) bond motifs is 1. The lowest BCUT2D eigenvalue weighted by Gasteiger charge is -2.40. The molecule has 0 unspecified atom stereocenters. The first kappa shape index (κ1) is 16.2. The Balaban J connectivity index is 1.36. The summed E-state index contributed by atoms with van der Waals surface area (Å²) in [7, 11) is 0. The van der Waals surface area contributed by atoms with E-state index in [2.05, 4.69) is 29.2 Å². The topological polar surface area (TPSA) is 43.8 Å². The van der Waals surface area contributed by atoms with Crippen molar-refractivity contribution < 1.29 is 9.90 Å². The maximum absolute atomic E-state index is 12.6. The molecule has 2 aliphatic heterocycles. The van der Waals surface area contributed by atoms with Crippen LogP contribution in [0.15, 0.2) is 48.5 Å². The third kappa shape index (κ3) is 3.40. The number of likely N-dealkylation sites (tertiary alicyclic amines) is 1. The number of hydrogen-bond donors (Lipinski definition) is 1. The lowest BCUT2D eigenvalue weighted by Crippen LogP contribution is -2.48. The van der Waals surface area contributed by atoms with Crippen LogP contribution in [0.1, 0.15) is 34.3 Å². The number of aromatic hydroxyl groups is 1. The van der Waals surface area contributed by atoms with Crippen LogP contribution >= 0.6 is 0 Å². The van der Waals surface area contributed by atoms with Crippen LogP contribution in [-0.4, -0.2) is 46.5 Å². The molecule has 0 radical (unpaired) electrons. The SMILES string of the molecule is O=C(c1ccc(O)cc1)N1CCC(N2CCc3ccccc3C2)CC1. The smallest absolute Gasteiger partial charge is 0.253 e. The van der Waals surface area contributed by atoms with Gasteiger partial charge in [0, 0.05) is 37.8 Å². The first-order chi connectivity index (χ1) is 12.2. The summed E-state index contributed by atoms with van der Waals surface area (Å²) in [4.78, 5) is 17.1. The van der Waals surface area contributed by atoms with E-state index in [1.54, 1.807) is 24.3 Å². The highest BCUT2D eigenvalue weighted by atomic mass is 16.3. The number of piperidine rings is 1. The van der Waals surface area contributed by atoms with Crippen molar-refractivity contribution in [1.29, 1.82) is 0 Å². The molecule has 0 spiro atoms. The second kappa shape index (κ2) is 6.89. The summed E-state index contributed by atoms with van der Waals surface area (Å²) in [6, 6.07) is 15.9. The van der Waals surface area contributed by atoms with Crippen molar-refractivity contribution in [3.05, 3.63) is 65.2 Å².